The Morgan fingerprint density at radius 3 is 2.66 bits per heavy atom. The Balaban J connectivity index is 1.60. The molecule has 4 rings (SSSR count). The molecule has 0 unspecified atom stereocenters. The maximum absolute atomic E-state index is 13.8. The number of aromatic nitrogens is 1. The minimum atomic E-state index is -1.14. The number of amides is 1. The van der Waals surface area contributed by atoms with Gasteiger partial charge in [0.05, 0.1) is 64.5 Å². The zero-order chi connectivity index (χ0) is 27.7. The molecule has 0 aromatic carbocycles. The minimum absolute atomic E-state index is 0.0666. The predicted molar refractivity (Wildman–Crippen MR) is 147 cm³/mol. The molecule has 210 valence electrons. The number of hydrogen-bond acceptors (Lipinski definition) is 8. The number of rotatable bonds is 4. The van der Waals surface area contributed by atoms with E-state index in [1.807, 2.05) is 32.2 Å². The van der Waals surface area contributed by atoms with Gasteiger partial charge in [-0.25, -0.2) is 4.98 Å². The van der Waals surface area contributed by atoms with E-state index in [0.29, 0.717) is 32.3 Å². The van der Waals surface area contributed by atoms with Crippen LogP contribution in [-0.2, 0) is 19.1 Å². The van der Waals surface area contributed by atoms with Crippen LogP contribution in [0.3, 0.4) is 0 Å². The molecule has 2 aliphatic heterocycles. The SMILES string of the molecule is C=CC[C@H]1C(=O)C2(CCC2)[C@@H](O)CC(=O)N[C@H](C(C)=Cc2csc(C)n2)C[C@@H]2O[C@]2(C)CCO[C@H](C)[C@H]1O. The summed E-state index contributed by atoms with van der Waals surface area (Å²) in [5.41, 5.74) is 0.359. The van der Waals surface area contributed by atoms with Crippen molar-refractivity contribution in [2.24, 2.45) is 11.3 Å². The number of carbonyl (C=O) groups is 2. The van der Waals surface area contributed by atoms with E-state index in [4.69, 9.17) is 9.47 Å². The maximum Gasteiger partial charge on any atom is 0.223 e. The molecule has 1 spiro atoms. The number of epoxide rings is 1. The van der Waals surface area contributed by atoms with E-state index in [9.17, 15) is 19.8 Å². The van der Waals surface area contributed by atoms with Crippen LogP contribution in [0.15, 0.2) is 23.6 Å². The summed E-state index contributed by atoms with van der Waals surface area (Å²) < 4.78 is 12.1. The van der Waals surface area contributed by atoms with E-state index < -0.39 is 35.2 Å². The average molecular weight is 547 g/mol. The lowest BCUT2D eigenvalue weighted by Gasteiger charge is -2.46. The summed E-state index contributed by atoms with van der Waals surface area (Å²) in [6.07, 6.45) is 3.87. The van der Waals surface area contributed by atoms with Crippen LogP contribution in [0.1, 0.15) is 76.4 Å². The smallest absolute Gasteiger partial charge is 0.223 e. The van der Waals surface area contributed by atoms with Crippen molar-refractivity contribution >= 4 is 29.1 Å². The summed E-state index contributed by atoms with van der Waals surface area (Å²) in [4.78, 5) is 31.6. The number of aryl methyl sites for hydroxylation is 1. The topological polar surface area (TPSA) is 121 Å². The summed E-state index contributed by atoms with van der Waals surface area (Å²) in [5.74, 6) is -1.27. The molecule has 3 fully saturated rings. The first kappa shape index (κ1) is 29.1. The van der Waals surface area contributed by atoms with Crippen molar-refractivity contribution in [2.45, 2.75) is 109 Å². The number of ether oxygens (including phenoxy) is 2. The molecule has 1 amide bonds. The number of Topliss-reactive ketones (excluding diaryl/α,β-unsaturated/α-hetero) is 1. The van der Waals surface area contributed by atoms with E-state index in [0.717, 1.165) is 22.7 Å². The van der Waals surface area contributed by atoms with E-state index >= 15 is 0 Å². The highest BCUT2D eigenvalue weighted by molar-refractivity contribution is 7.09. The second-order valence-electron chi connectivity index (χ2n) is 11.5. The molecule has 3 heterocycles. The third-order valence-corrected chi connectivity index (χ3v) is 9.56. The first-order chi connectivity index (χ1) is 18.0. The molecular formula is C29H42N2O6S. The van der Waals surface area contributed by atoms with Gasteiger partial charge in [0, 0.05) is 24.8 Å². The van der Waals surface area contributed by atoms with Crippen LogP contribution in [0.4, 0.5) is 0 Å². The lowest BCUT2D eigenvalue weighted by molar-refractivity contribution is -0.158. The van der Waals surface area contributed by atoms with E-state index in [-0.39, 0.29) is 36.7 Å². The predicted octanol–water partition coefficient (Wildman–Crippen LogP) is 3.74. The Morgan fingerprint density at radius 2 is 2.05 bits per heavy atom. The molecule has 0 radical (unpaired) electrons. The number of aliphatic hydroxyl groups excluding tert-OH is 2. The van der Waals surface area contributed by atoms with Gasteiger partial charge in [0.15, 0.2) is 0 Å². The lowest BCUT2D eigenvalue weighted by atomic mass is 9.58. The van der Waals surface area contributed by atoms with E-state index in [1.54, 1.807) is 24.3 Å². The molecule has 0 bridgehead atoms. The molecule has 8 nitrogen and oxygen atoms in total. The minimum Gasteiger partial charge on any atom is -0.392 e. The van der Waals surface area contributed by atoms with Gasteiger partial charge in [0.1, 0.15) is 5.78 Å². The van der Waals surface area contributed by atoms with Gasteiger partial charge in [0.25, 0.3) is 0 Å². The van der Waals surface area contributed by atoms with Crippen molar-refractivity contribution in [1.82, 2.24) is 10.3 Å². The normalized spacial score (nSPS) is 36.7. The van der Waals surface area contributed by atoms with Crippen LogP contribution in [0.2, 0.25) is 0 Å². The standard InChI is InChI=1S/C29H42N2O6S/c1-6-8-21-26(34)18(3)36-12-11-28(5)24(37-28)14-22(17(2)13-20-16-38-19(4)30-20)31-25(33)15-23(32)29(27(21)35)9-7-10-29/h6,13,16,18,21-24,26,32,34H,1,7-12,14-15H2,2-5H3,(H,31,33)/t18-,21-,22+,23+,24+,26-,28-/m1/s1. The second kappa shape index (κ2) is 11.7. The average Bonchev–Trinajstić information content (AvgIpc) is 3.26. The maximum atomic E-state index is 13.8. The van der Waals surface area contributed by atoms with Crippen molar-refractivity contribution in [1.29, 1.82) is 0 Å². The molecule has 1 aliphatic carbocycles. The number of ketones is 1. The molecule has 1 aromatic rings. The number of hydrogen-bond donors (Lipinski definition) is 3. The quantitative estimate of drug-likeness (QED) is 0.389. The summed E-state index contributed by atoms with van der Waals surface area (Å²) >= 11 is 1.57. The third kappa shape index (κ3) is 6.12. The van der Waals surface area contributed by atoms with Gasteiger partial charge in [-0.3, -0.25) is 9.59 Å². The molecular weight excluding hydrogens is 504 g/mol. The van der Waals surface area contributed by atoms with Crippen LogP contribution in [0.25, 0.3) is 6.08 Å². The Bertz CT molecular complexity index is 1070. The molecule has 1 aromatic heterocycles. The number of allylic oxidation sites excluding steroid dienone is 1. The van der Waals surface area contributed by atoms with Crippen LogP contribution in [-0.4, -0.2) is 69.6 Å². The van der Waals surface area contributed by atoms with E-state index in [1.165, 1.54) is 0 Å². The Labute approximate surface area is 229 Å². The van der Waals surface area contributed by atoms with Gasteiger partial charge in [0.2, 0.25) is 5.91 Å². The van der Waals surface area contributed by atoms with Crippen LogP contribution in [0.5, 0.6) is 0 Å². The second-order valence-corrected chi connectivity index (χ2v) is 12.6. The highest BCUT2D eigenvalue weighted by atomic mass is 32.1. The van der Waals surface area contributed by atoms with Gasteiger partial charge < -0.3 is 25.0 Å². The van der Waals surface area contributed by atoms with Crippen LogP contribution in [0, 0.1) is 18.3 Å². The molecule has 3 aliphatic rings. The van der Waals surface area contributed by atoms with Crippen molar-refractivity contribution in [3.8, 4) is 0 Å². The van der Waals surface area contributed by atoms with Crippen molar-refractivity contribution in [3.05, 3.63) is 34.3 Å². The monoisotopic (exact) mass is 546 g/mol. The highest BCUT2D eigenvalue weighted by Gasteiger charge is 2.55. The summed E-state index contributed by atoms with van der Waals surface area (Å²) in [6, 6.07) is -0.306. The zero-order valence-electron chi connectivity index (χ0n) is 22.9. The summed E-state index contributed by atoms with van der Waals surface area (Å²) in [7, 11) is 0. The van der Waals surface area contributed by atoms with Crippen molar-refractivity contribution < 1.29 is 29.3 Å². The number of thiazole rings is 1. The van der Waals surface area contributed by atoms with Crippen molar-refractivity contribution in [2.75, 3.05) is 6.61 Å². The van der Waals surface area contributed by atoms with Crippen LogP contribution >= 0.6 is 11.3 Å². The fourth-order valence-corrected chi connectivity index (χ4v) is 6.48. The lowest BCUT2D eigenvalue weighted by Crippen LogP contribution is -2.55. The Morgan fingerprint density at radius 1 is 1.32 bits per heavy atom. The number of carbonyl (C=O) groups excluding carboxylic acids is 2. The molecule has 2 saturated heterocycles. The van der Waals surface area contributed by atoms with E-state index in [2.05, 4.69) is 16.9 Å². The fraction of sp³-hybridized carbons (Fsp3) is 0.690. The third-order valence-electron chi connectivity index (χ3n) is 8.77. The van der Waals surface area contributed by atoms with Crippen molar-refractivity contribution in [3.63, 3.8) is 0 Å². The number of aliphatic hydroxyl groups is 2. The Kier molecular flexibility index (Phi) is 8.94. The fourth-order valence-electron chi connectivity index (χ4n) is 5.91. The van der Waals surface area contributed by atoms with Crippen LogP contribution < -0.4 is 5.32 Å². The van der Waals surface area contributed by atoms with Gasteiger partial charge in [-0.05, 0) is 58.6 Å². The number of fused-ring (bicyclic) bond motifs is 1. The Hall–Kier alpha value is -1.91. The summed E-state index contributed by atoms with van der Waals surface area (Å²) in [5, 5.41) is 28.4. The van der Waals surface area contributed by atoms with Gasteiger partial charge in [-0.15, -0.1) is 17.9 Å². The molecule has 38 heavy (non-hydrogen) atoms. The van der Waals surface area contributed by atoms with Gasteiger partial charge in [-0.2, -0.15) is 0 Å². The highest BCUT2D eigenvalue weighted by Crippen LogP contribution is 2.49. The first-order valence-corrected chi connectivity index (χ1v) is 14.6. The van der Waals surface area contributed by atoms with Gasteiger partial charge >= 0.3 is 0 Å². The number of nitrogens with one attached hydrogen (secondary N) is 1. The number of nitrogens with zero attached hydrogens (tertiary/aromatic N) is 1. The molecule has 1 saturated carbocycles. The summed E-state index contributed by atoms with van der Waals surface area (Å²) in [6.45, 7) is 11.9. The molecule has 3 N–H and O–H groups in total. The first-order valence-electron chi connectivity index (χ1n) is 13.7. The molecule has 9 heteroatoms. The molecule has 7 atom stereocenters. The largest absolute Gasteiger partial charge is 0.392 e. The van der Waals surface area contributed by atoms with Gasteiger partial charge in [-0.1, -0.05) is 12.5 Å². The zero-order valence-corrected chi connectivity index (χ0v) is 23.8.